The predicted molar refractivity (Wildman–Crippen MR) is 42.7 cm³/mol. The molecule has 0 aliphatic carbocycles. The Hall–Kier alpha value is -0.368. The van der Waals surface area contributed by atoms with Crippen molar-refractivity contribution in [2.24, 2.45) is 0 Å². The van der Waals surface area contributed by atoms with Gasteiger partial charge in [-0.1, -0.05) is 35.9 Å². The molecule has 0 fully saturated rings. The molecular formula is C7H11AlO3. The fourth-order valence-electron chi connectivity index (χ4n) is 0.534. The Labute approximate surface area is 77.1 Å². The Bertz CT molecular complexity index is 144. The summed E-state index contributed by atoms with van der Waals surface area (Å²) in [6.45, 7) is 2.08. The van der Waals surface area contributed by atoms with E-state index >= 15 is 0 Å². The zero-order valence-corrected chi connectivity index (χ0v) is 7.46. The Kier molecular flexibility index (Phi) is 25.1. The van der Waals surface area contributed by atoms with Crippen molar-refractivity contribution >= 4 is 17.4 Å². The molecule has 60 valence electrons. The van der Waals surface area contributed by atoms with Crippen molar-refractivity contribution in [3.63, 3.8) is 0 Å². The Morgan fingerprint density at radius 3 is 1.36 bits per heavy atom. The van der Waals surface area contributed by atoms with E-state index in [2.05, 4.69) is 19.1 Å². The predicted octanol–water partition coefficient (Wildman–Crippen LogP) is 1.08. The van der Waals surface area contributed by atoms with E-state index in [1.54, 1.807) is 0 Å². The van der Waals surface area contributed by atoms with Gasteiger partial charge in [0, 0.05) is 0 Å². The molecule has 0 heterocycles. The van der Waals surface area contributed by atoms with Gasteiger partial charge in [-0.3, -0.25) is 0 Å². The maximum atomic E-state index is 2.08. The summed E-state index contributed by atoms with van der Waals surface area (Å²) in [5.74, 6) is 0. The normalized spacial score (nSPS) is 5.55. The molecule has 1 aromatic carbocycles. The maximum absolute atomic E-state index is 2.08. The maximum Gasteiger partial charge on any atom is 3.00 e. The van der Waals surface area contributed by atoms with Crippen LogP contribution >= 0.6 is 0 Å². The first-order valence-electron chi connectivity index (χ1n) is 2.41. The van der Waals surface area contributed by atoms with Crippen molar-refractivity contribution in [2.45, 2.75) is 6.92 Å². The monoisotopic (exact) mass is 170 g/mol. The van der Waals surface area contributed by atoms with Gasteiger partial charge in [-0.05, 0) is 6.92 Å². The molecule has 11 heavy (non-hydrogen) atoms. The summed E-state index contributed by atoms with van der Waals surface area (Å²) in [6.07, 6.45) is 0. The van der Waals surface area contributed by atoms with Gasteiger partial charge in [0.2, 0.25) is 0 Å². The van der Waals surface area contributed by atoms with Crippen LogP contribution in [-0.4, -0.2) is 33.8 Å². The van der Waals surface area contributed by atoms with Crippen LogP contribution in [0.15, 0.2) is 30.3 Å². The minimum absolute atomic E-state index is 0. The van der Waals surface area contributed by atoms with Crippen molar-refractivity contribution in [3.8, 4) is 0 Å². The number of benzene rings is 1. The fraction of sp³-hybridized carbons (Fsp3) is 0.143. The minimum atomic E-state index is 0. The first-order valence-corrected chi connectivity index (χ1v) is 2.41. The molecule has 0 saturated heterocycles. The van der Waals surface area contributed by atoms with Crippen molar-refractivity contribution in [1.82, 2.24) is 0 Å². The molecule has 0 unspecified atom stereocenters. The summed E-state index contributed by atoms with van der Waals surface area (Å²) in [5.41, 5.74) is 1.32. The largest absolute Gasteiger partial charge is 3.00 e. The number of aryl methyl sites for hydroxylation is 1. The van der Waals surface area contributed by atoms with Gasteiger partial charge < -0.3 is 16.4 Å². The average Bonchev–Trinajstić information content (AvgIpc) is 1.69. The van der Waals surface area contributed by atoms with Gasteiger partial charge in [-0.25, -0.2) is 0 Å². The van der Waals surface area contributed by atoms with E-state index in [9.17, 15) is 0 Å². The van der Waals surface area contributed by atoms with Gasteiger partial charge in [0.25, 0.3) is 0 Å². The van der Waals surface area contributed by atoms with Gasteiger partial charge >= 0.3 is 17.4 Å². The van der Waals surface area contributed by atoms with Crippen LogP contribution in [0.25, 0.3) is 0 Å². The molecule has 0 aliphatic rings. The van der Waals surface area contributed by atoms with Gasteiger partial charge in [0.15, 0.2) is 0 Å². The van der Waals surface area contributed by atoms with Gasteiger partial charge in [0.1, 0.15) is 0 Å². The molecule has 1 aromatic rings. The molecule has 0 radical (unpaired) electrons. The smallest absolute Gasteiger partial charge is 0.870 e. The first-order chi connectivity index (χ1) is 3.39. The summed E-state index contributed by atoms with van der Waals surface area (Å²) in [5, 5.41) is 0. The zero-order chi connectivity index (χ0) is 5.11. The number of hydrogen-bond acceptors (Lipinski definition) is 3. The molecule has 3 nitrogen and oxygen atoms in total. The van der Waals surface area contributed by atoms with E-state index < -0.39 is 0 Å². The van der Waals surface area contributed by atoms with Crippen LogP contribution in [0, 0.1) is 6.92 Å². The van der Waals surface area contributed by atoms with E-state index in [4.69, 9.17) is 0 Å². The molecule has 0 spiro atoms. The molecule has 0 atom stereocenters. The second-order valence-corrected chi connectivity index (χ2v) is 1.65. The molecule has 1 rings (SSSR count). The van der Waals surface area contributed by atoms with Crippen LogP contribution in [0.4, 0.5) is 0 Å². The van der Waals surface area contributed by atoms with Crippen LogP contribution in [0.3, 0.4) is 0 Å². The summed E-state index contributed by atoms with van der Waals surface area (Å²) in [7, 11) is 0. The molecular weight excluding hydrogens is 159 g/mol. The topological polar surface area (TPSA) is 90.0 Å². The van der Waals surface area contributed by atoms with Crippen LogP contribution in [-0.2, 0) is 0 Å². The van der Waals surface area contributed by atoms with Gasteiger partial charge in [-0.15, -0.1) is 0 Å². The molecule has 0 bridgehead atoms. The molecule has 0 saturated carbocycles. The summed E-state index contributed by atoms with van der Waals surface area (Å²) in [6, 6.07) is 10.3. The molecule has 4 heteroatoms. The third-order valence-corrected chi connectivity index (χ3v) is 0.940. The third-order valence-electron chi connectivity index (χ3n) is 0.940. The third kappa shape index (κ3) is 9.63. The quantitative estimate of drug-likeness (QED) is 0.545. The second kappa shape index (κ2) is 12.3. The molecule has 0 aliphatic heterocycles. The fourth-order valence-corrected chi connectivity index (χ4v) is 0.534. The zero-order valence-electron chi connectivity index (χ0n) is 6.31. The summed E-state index contributed by atoms with van der Waals surface area (Å²) in [4.78, 5) is 0. The van der Waals surface area contributed by atoms with E-state index in [1.165, 1.54) is 5.56 Å². The SMILES string of the molecule is Cc1ccccc1.[Al+3].[OH-].[OH-].[OH-]. The molecule has 3 N–H and O–H groups in total. The minimum Gasteiger partial charge on any atom is -0.870 e. The van der Waals surface area contributed by atoms with Crippen molar-refractivity contribution in [2.75, 3.05) is 0 Å². The standard InChI is InChI=1S/C7H8.Al.3H2O/c1-7-5-3-2-4-6-7;;;;/h2-6H,1H3;;3*1H2/q;+3;;;/p-3. The molecule has 0 aromatic heterocycles. The number of rotatable bonds is 0. The first kappa shape index (κ1) is 22.4. The van der Waals surface area contributed by atoms with Crippen molar-refractivity contribution in [3.05, 3.63) is 35.9 Å². The van der Waals surface area contributed by atoms with Crippen molar-refractivity contribution < 1.29 is 16.4 Å². The van der Waals surface area contributed by atoms with Crippen LogP contribution in [0.5, 0.6) is 0 Å². The van der Waals surface area contributed by atoms with Crippen LogP contribution in [0.1, 0.15) is 5.56 Å². The van der Waals surface area contributed by atoms with E-state index in [0.717, 1.165) is 0 Å². The number of hydrogen-bond donors (Lipinski definition) is 0. The van der Waals surface area contributed by atoms with Crippen LogP contribution in [0.2, 0.25) is 0 Å². The second-order valence-electron chi connectivity index (χ2n) is 1.65. The Morgan fingerprint density at radius 2 is 1.18 bits per heavy atom. The van der Waals surface area contributed by atoms with Gasteiger partial charge in [0.05, 0.1) is 0 Å². The van der Waals surface area contributed by atoms with Crippen molar-refractivity contribution in [1.29, 1.82) is 0 Å². The van der Waals surface area contributed by atoms with E-state index in [1.807, 2.05) is 18.2 Å². The van der Waals surface area contributed by atoms with E-state index in [-0.39, 0.29) is 33.8 Å². The van der Waals surface area contributed by atoms with Gasteiger partial charge in [-0.2, -0.15) is 0 Å². The average molecular weight is 170 g/mol. The Morgan fingerprint density at radius 1 is 0.818 bits per heavy atom. The Balaban J connectivity index is -0.0000000612. The summed E-state index contributed by atoms with van der Waals surface area (Å²) >= 11 is 0. The van der Waals surface area contributed by atoms with E-state index in [0.29, 0.717) is 0 Å². The molecule has 0 amide bonds. The summed E-state index contributed by atoms with van der Waals surface area (Å²) < 4.78 is 0. The van der Waals surface area contributed by atoms with Crippen LogP contribution < -0.4 is 0 Å².